The third kappa shape index (κ3) is 5.21. The van der Waals surface area contributed by atoms with Gasteiger partial charge in [-0.15, -0.1) is 0 Å². The summed E-state index contributed by atoms with van der Waals surface area (Å²) in [5.41, 5.74) is 0.925. The van der Waals surface area contributed by atoms with Gasteiger partial charge in [-0.1, -0.05) is 38.8 Å². The van der Waals surface area contributed by atoms with Gasteiger partial charge in [-0.3, -0.25) is 4.79 Å². The highest BCUT2D eigenvalue weighted by atomic mass is 16.5. The summed E-state index contributed by atoms with van der Waals surface area (Å²) in [5.74, 6) is -0.446. The highest BCUT2D eigenvalue weighted by molar-refractivity contribution is 6.01. The van der Waals surface area contributed by atoms with Crippen molar-refractivity contribution in [2.24, 2.45) is 5.92 Å². The average Bonchev–Trinajstić information content (AvgIpc) is 2.48. The number of hydrogen-bond donors (Lipinski definition) is 1. The van der Waals surface area contributed by atoms with E-state index in [2.05, 4.69) is 12.2 Å². The molecule has 4 heteroatoms. The van der Waals surface area contributed by atoms with Gasteiger partial charge in [-0.2, -0.15) is 0 Å². The third-order valence-electron chi connectivity index (χ3n) is 3.45. The van der Waals surface area contributed by atoms with Gasteiger partial charge in [0, 0.05) is 5.92 Å². The van der Waals surface area contributed by atoms with Gasteiger partial charge in [0.05, 0.1) is 17.9 Å². The molecule has 1 amide bonds. The summed E-state index contributed by atoms with van der Waals surface area (Å²) >= 11 is 0. The number of para-hydroxylation sites is 1. The summed E-state index contributed by atoms with van der Waals surface area (Å²) in [6.07, 6.45) is 3.78. The van der Waals surface area contributed by atoms with Crippen LogP contribution in [-0.2, 0) is 9.53 Å². The molecule has 0 radical (unpaired) electrons. The Labute approximate surface area is 126 Å². The molecule has 0 unspecified atom stereocenters. The Bertz CT molecular complexity index is 471. The predicted molar refractivity (Wildman–Crippen MR) is 84.3 cm³/mol. The number of nitrogens with one attached hydrogen (secondary N) is 1. The summed E-state index contributed by atoms with van der Waals surface area (Å²) in [7, 11) is 0. The van der Waals surface area contributed by atoms with Crippen LogP contribution >= 0.6 is 0 Å². The smallest absolute Gasteiger partial charge is 0.340 e. The molecule has 0 saturated heterocycles. The van der Waals surface area contributed by atoms with E-state index in [0.717, 1.165) is 25.7 Å². The Balaban J connectivity index is 2.82. The molecule has 0 spiro atoms. The van der Waals surface area contributed by atoms with E-state index in [4.69, 9.17) is 4.74 Å². The molecule has 1 aromatic rings. The zero-order valence-corrected chi connectivity index (χ0v) is 13.1. The van der Waals surface area contributed by atoms with E-state index < -0.39 is 5.97 Å². The Morgan fingerprint density at radius 3 is 2.52 bits per heavy atom. The minimum absolute atomic E-state index is 0.0137. The molecular weight excluding hydrogens is 266 g/mol. The second-order valence-electron chi connectivity index (χ2n) is 5.00. The maximum Gasteiger partial charge on any atom is 0.340 e. The number of anilines is 1. The first-order chi connectivity index (χ1) is 10.1. The number of rotatable bonds is 8. The predicted octanol–water partition coefficient (Wildman–Crippen LogP) is 4.02. The standard InChI is InChI=1S/C17H25NO3/c1-4-7-10-13(5-2)16(19)18-15-12-9-8-11-14(15)17(20)21-6-3/h8-9,11-13H,4-7,10H2,1-3H3,(H,18,19)/t13-/m0/s1. The van der Waals surface area contributed by atoms with Crippen molar-refractivity contribution in [1.82, 2.24) is 0 Å². The minimum Gasteiger partial charge on any atom is -0.462 e. The van der Waals surface area contributed by atoms with Crippen molar-refractivity contribution in [2.75, 3.05) is 11.9 Å². The van der Waals surface area contributed by atoms with Crippen LogP contribution in [0.1, 0.15) is 56.8 Å². The van der Waals surface area contributed by atoms with Gasteiger partial charge in [0.2, 0.25) is 5.91 Å². The second kappa shape index (κ2) is 9.16. The number of esters is 1. The maximum atomic E-state index is 12.3. The number of unbranched alkanes of at least 4 members (excludes halogenated alkanes) is 1. The fourth-order valence-corrected chi connectivity index (χ4v) is 2.18. The van der Waals surface area contributed by atoms with Gasteiger partial charge in [-0.25, -0.2) is 4.79 Å². The van der Waals surface area contributed by atoms with Crippen LogP contribution in [0.3, 0.4) is 0 Å². The summed E-state index contributed by atoms with van der Waals surface area (Å²) < 4.78 is 5.01. The Kier molecular flexibility index (Phi) is 7.51. The van der Waals surface area contributed by atoms with E-state index in [0.29, 0.717) is 17.9 Å². The molecular formula is C17H25NO3. The molecule has 0 aliphatic carbocycles. The molecule has 0 saturated carbocycles. The molecule has 0 fully saturated rings. The molecule has 1 N–H and O–H groups in total. The highest BCUT2D eigenvalue weighted by Crippen LogP contribution is 2.20. The quantitative estimate of drug-likeness (QED) is 0.736. The zero-order chi connectivity index (χ0) is 15.7. The number of benzene rings is 1. The topological polar surface area (TPSA) is 55.4 Å². The molecule has 0 heterocycles. The monoisotopic (exact) mass is 291 g/mol. The number of hydrogen-bond acceptors (Lipinski definition) is 3. The van der Waals surface area contributed by atoms with Crippen LogP contribution in [0.5, 0.6) is 0 Å². The van der Waals surface area contributed by atoms with Crippen molar-refractivity contribution >= 4 is 17.6 Å². The first-order valence-corrected chi connectivity index (χ1v) is 7.70. The Morgan fingerprint density at radius 2 is 1.90 bits per heavy atom. The van der Waals surface area contributed by atoms with Crippen molar-refractivity contribution < 1.29 is 14.3 Å². The molecule has 0 aliphatic heterocycles. The van der Waals surface area contributed by atoms with E-state index >= 15 is 0 Å². The van der Waals surface area contributed by atoms with Crippen LogP contribution in [0.15, 0.2) is 24.3 Å². The molecule has 116 valence electrons. The van der Waals surface area contributed by atoms with E-state index in [9.17, 15) is 9.59 Å². The van der Waals surface area contributed by atoms with Crippen molar-refractivity contribution in [2.45, 2.75) is 46.5 Å². The van der Waals surface area contributed by atoms with Gasteiger partial charge in [0.1, 0.15) is 0 Å². The maximum absolute atomic E-state index is 12.3. The fourth-order valence-electron chi connectivity index (χ4n) is 2.18. The molecule has 1 atom stereocenters. The lowest BCUT2D eigenvalue weighted by molar-refractivity contribution is -0.120. The van der Waals surface area contributed by atoms with Gasteiger partial charge in [0.25, 0.3) is 0 Å². The van der Waals surface area contributed by atoms with E-state index in [1.165, 1.54) is 0 Å². The van der Waals surface area contributed by atoms with Crippen LogP contribution < -0.4 is 5.32 Å². The number of amides is 1. The lowest BCUT2D eigenvalue weighted by atomic mass is 9.98. The number of ether oxygens (including phenoxy) is 1. The van der Waals surface area contributed by atoms with Gasteiger partial charge in [-0.05, 0) is 31.9 Å². The first kappa shape index (κ1) is 17.2. The van der Waals surface area contributed by atoms with E-state index in [1.54, 1.807) is 31.2 Å². The molecule has 0 bridgehead atoms. The molecule has 0 aromatic heterocycles. The lowest BCUT2D eigenvalue weighted by Crippen LogP contribution is -2.23. The zero-order valence-electron chi connectivity index (χ0n) is 13.1. The summed E-state index contributed by atoms with van der Waals surface area (Å²) in [5, 5.41) is 2.87. The largest absolute Gasteiger partial charge is 0.462 e. The van der Waals surface area contributed by atoms with Crippen molar-refractivity contribution in [3.8, 4) is 0 Å². The van der Waals surface area contributed by atoms with Crippen LogP contribution in [-0.4, -0.2) is 18.5 Å². The molecule has 4 nitrogen and oxygen atoms in total. The van der Waals surface area contributed by atoms with Gasteiger partial charge >= 0.3 is 5.97 Å². The molecule has 1 rings (SSSR count). The Morgan fingerprint density at radius 1 is 1.19 bits per heavy atom. The van der Waals surface area contributed by atoms with Crippen molar-refractivity contribution in [3.05, 3.63) is 29.8 Å². The van der Waals surface area contributed by atoms with Crippen LogP contribution in [0.4, 0.5) is 5.69 Å². The van der Waals surface area contributed by atoms with E-state index in [1.807, 2.05) is 6.92 Å². The van der Waals surface area contributed by atoms with Crippen molar-refractivity contribution in [1.29, 1.82) is 0 Å². The highest BCUT2D eigenvalue weighted by Gasteiger charge is 2.19. The van der Waals surface area contributed by atoms with Crippen molar-refractivity contribution in [3.63, 3.8) is 0 Å². The fraction of sp³-hybridized carbons (Fsp3) is 0.529. The third-order valence-corrected chi connectivity index (χ3v) is 3.45. The van der Waals surface area contributed by atoms with Gasteiger partial charge in [0.15, 0.2) is 0 Å². The summed E-state index contributed by atoms with van der Waals surface area (Å²) in [4.78, 5) is 24.2. The number of carbonyl (C=O) groups is 2. The van der Waals surface area contributed by atoms with E-state index in [-0.39, 0.29) is 11.8 Å². The van der Waals surface area contributed by atoms with Crippen LogP contribution in [0.25, 0.3) is 0 Å². The lowest BCUT2D eigenvalue weighted by Gasteiger charge is -2.16. The Hall–Kier alpha value is -1.84. The second-order valence-corrected chi connectivity index (χ2v) is 5.00. The minimum atomic E-state index is -0.407. The first-order valence-electron chi connectivity index (χ1n) is 7.70. The molecule has 1 aromatic carbocycles. The van der Waals surface area contributed by atoms with Gasteiger partial charge < -0.3 is 10.1 Å². The summed E-state index contributed by atoms with van der Waals surface area (Å²) in [6.45, 7) is 6.20. The SMILES string of the molecule is CCCC[C@H](CC)C(=O)Nc1ccccc1C(=O)OCC. The summed E-state index contributed by atoms with van der Waals surface area (Å²) in [6, 6.07) is 6.96. The normalized spacial score (nSPS) is 11.8. The molecule has 0 aliphatic rings. The van der Waals surface area contributed by atoms with Crippen LogP contribution in [0, 0.1) is 5.92 Å². The molecule has 21 heavy (non-hydrogen) atoms. The average molecular weight is 291 g/mol. The number of carbonyl (C=O) groups excluding carboxylic acids is 2. The van der Waals surface area contributed by atoms with Crippen LogP contribution in [0.2, 0.25) is 0 Å².